The Labute approximate surface area is 215 Å². The molecule has 0 spiro atoms. The lowest BCUT2D eigenvalue weighted by Crippen LogP contribution is -2.48. The zero-order valence-corrected chi connectivity index (χ0v) is 22.2. The van der Waals surface area contributed by atoms with E-state index in [4.69, 9.17) is 21.7 Å². The summed E-state index contributed by atoms with van der Waals surface area (Å²) in [7, 11) is 0. The number of nitrogens with one attached hydrogen (secondary N) is 3. The van der Waals surface area contributed by atoms with Gasteiger partial charge in [-0.25, -0.2) is 0 Å². The van der Waals surface area contributed by atoms with Crippen LogP contribution in [0.4, 0.5) is 0 Å². The van der Waals surface area contributed by atoms with Crippen molar-refractivity contribution in [2.24, 2.45) is 5.92 Å². The van der Waals surface area contributed by atoms with Crippen molar-refractivity contribution in [2.45, 2.75) is 46.5 Å². The molecule has 0 aliphatic carbocycles. The summed E-state index contributed by atoms with van der Waals surface area (Å²) < 4.78 is 12.2. The normalized spacial score (nSPS) is 10.5. The van der Waals surface area contributed by atoms with Crippen molar-refractivity contribution in [1.29, 1.82) is 0 Å². The summed E-state index contributed by atoms with van der Waals surface area (Å²) in [6, 6.07) is 12.0. The molecule has 0 aliphatic heterocycles. The molecule has 0 fully saturated rings. The number of carbonyl (C=O) groups excluding carboxylic acids is 2. The van der Waals surface area contributed by atoms with Crippen molar-refractivity contribution in [3.05, 3.63) is 58.1 Å². The fourth-order valence-electron chi connectivity index (χ4n) is 2.87. The molecule has 0 atom stereocenters. The second kappa shape index (κ2) is 14.6. The molecule has 2 aromatic rings. The van der Waals surface area contributed by atoms with Crippen LogP contribution in [0.25, 0.3) is 0 Å². The molecule has 0 saturated heterocycles. The fraction of sp³-hybridized carbons (Fsp3) is 0.400. The van der Waals surface area contributed by atoms with Gasteiger partial charge in [-0.1, -0.05) is 56.0 Å². The number of unbranched alkanes of at least 4 members (excludes halogenated alkanes) is 3. The summed E-state index contributed by atoms with van der Waals surface area (Å²) >= 11 is 8.54. The van der Waals surface area contributed by atoms with Crippen molar-refractivity contribution in [3.8, 4) is 11.5 Å². The highest BCUT2D eigenvalue weighted by atomic mass is 79.9. The van der Waals surface area contributed by atoms with Gasteiger partial charge in [0.25, 0.3) is 11.8 Å². The molecule has 34 heavy (non-hydrogen) atoms. The molecule has 2 rings (SSSR count). The van der Waals surface area contributed by atoms with E-state index in [-0.39, 0.29) is 5.11 Å². The first-order chi connectivity index (χ1) is 16.3. The van der Waals surface area contributed by atoms with E-state index in [1.165, 1.54) is 0 Å². The third-order valence-corrected chi connectivity index (χ3v) is 5.36. The second-order valence-corrected chi connectivity index (χ2v) is 9.47. The third kappa shape index (κ3) is 9.69. The number of ether oxygens (including phenoxy) is 2. The Morgan fingerprint density at radius 2 is 1.71 bits per heavy atom. The topological polar surface area (TPSA) is 88.7 Å². The smallest absolute Gasteiger partial charge is 0.269 e. The van der Waals surface area contributed by atoms with Crippen molar-refractivity contribution in [3.63, 3.8) is 0 Å². The maximum Gasteiger partial charge on any atom is 0.269 e. The Morgan fingerprint density at radius 1 is 0.971 bits per heavy atom. The van der Waals surface area contributed by atoms with E-state index in [1.54, 1.807) is 36.4 Å². The predicted molar refractivity (Wildman–Crippen MR) is 141 cm³/mol. The molecule has 0 radical (unpaired) electrons. The quantitative estimate of drug-likeness (QED) is 0.198. The maximum absolute atomic E-state index is 12.8. The minimum absolute atomic E-state index is 0.0379. The van der Waals surface area contributed by atoms with Gasteiger partial charge >= 0.3 is 0 Å². The number of hydrogen-bond donors (Lipinski definition) is 3. The van der Waals surface area contributed by atoms with Gasteiger partial charge in [0.2, 0.25) is 0 Å². The van der Waals surface area contributed by atoms with Crippen LogP contribution in [0.2, 0.25) is 0 Å². The SMILES string of the molecule is CCCCCCOc1ccc(Br)cc1C(=O)NC(=S)NNC(=O)c1ccc(OCC(C)C)cc1. The number of benzene rings is 2. The molecule has 0 unspecified atom stereocenters. The second-order valence-electron chi connectivity index (χ2n) is 8.14. The minimum atomic E-state index is -0.441. The number of hydrogen-bond acceptors (Lipinski definition) is 5. The van der Waals surface area contributed by atoms with Crippen molar-refractivity contribution >= 4 is 45.1 Å². The lowest BCUT2D eigenvalue weighted by Gasteiger charge is -2.14. The van der Waals surface area contributed by atoms with E-state index in [9.17, 15) is 9.59 Å². The number of thiocarbonyl (C=S) groups is 1. The summed E-state index contributed by atoms with van der Waals surface area (Å²) in [5.41, 5.74) is 5.80. The van der Waals surface area contributed by atoms with Crippen LogP contribution in [-0.4, -0.2) is 30.1 Å². The van der Waals surface area contributed by atoms with Gasteiger partial charge in [-0.3, -0.25) is 25.8 Å². The van der Waals surface area contributed by atoms with Gasteiger partial charge in [-0.2, -0.15) is 0 Å². The van der Waals surface area contributed by atoms with E-state index in [0.717, 1.165) is 30.2 Å². The van der Waals surface area contributed by atoms with Crippen LogP contribution in [0.1, 0.15) is 67.2 Å². The molecule has 2 aromatic carbocycles. The number of amides is 2. The Hall–Kier alpha value is -2.65. The molecule has 0 bridgehead atoms. The Kier molecular flexibility index (Phi) is 11.8. The fourth-order valence-corrected chi connectivity index (χ4v) is 3.37. The van der Waals surface area contributed by atoms with E-state index in [2.05, 4.69) is 52.9 Å². The number of carbonyl (C=O) groups is 2. The van der Waals surface area contributed by atoms with Gasteiger partial charge in [0.15, 0.2) is 5.11 Å². The third-order valence-electron chi connectivity index (χ3n) is 4.66. The lowest BCUT2D eigenvalue weighted by molar-refractivity contribution is 0.0933. The minimum Gasteiger partial charge on any atom is -0.493 e. The summed E-state index contributed by atoms with van der Waals surface area (Å²) in [6.45, 7) is 7.41. The summed E-state index contributed by atoms with van der Waals surface area (Å²) in [6.07, 6.45) is 4.29. The van der Waals surface area contributed by atoms with Crippen LogP contribution in [0, 0.1) is 5.92 Å². The molecule has 184 valence electrons. The van der Waals surface area contributed by atoms with E-state index in [0.29, 0.717) is 41.8 Å². The van der Waals surface area contributed by atoms with Crippen molar-refractivity contribution in [2.75, 3.05) is 13.2 Å². The first-order valence-corrected chi connectivity index (χ1v) is 12.6. The zero-order chi connectivity index (χ0) is 24.9. The van der Waals surface area contributed by atoms with Crippen LogP contribution in [0.15, 0.2) is 46.9 Å². The highest BCUT2D eigenvalue weighted by Gasteiger charge is 2.15. The summed E-state index contributed by atoms with van der Waals surface area (Å²) in [4.78, 5) is 25.1. The molecule has 3 N–H and O–H groups in total. The van der Waals surface area contributed by atoms with E-state index >= 15 is 0 Å². The summed E-state index contributed by atoms with van der Waals surface area (Å²) in [5.74, 6) is 0.741. The number of halogens is 1. The molecule has 0 saturated carbocycles. The Morgan fingerprint density at radius 3 is 2.38 bits per heavy atom. The van der Waals surface area contributed by atoms with E-state index < -0.39 is 11.8 Å². The predicted octanol–water partition coefficient (Wildman–Crippen LogP) is 5.39. The molecule has 2 amide bonds. The van der Waals surface area contributed by atoms with Gasteiger partial charge in [0.05, 0.1) is 18.8 Å². The largest absolute Gasteiger partial charge is 0.493 e. The van der Waals surface area contributed by atoms with Gasteiger partial charge in [0.1, 0.15) is 11.5 Å². The number of rotatable bonds is 11. The van der Waals surface area contributed by atoms with Gasteiger partial charge in [-0.05, 0) is 67.0 Å². The molecular formula is C25H32BrN3O4S. The molecule has 0 heterocycles. The van der Waals surface area contributed by atoms with Crippen molar-refractivity contribution < 1.29 is 19.1 Å². The van der Waals surface area contributed by atoms with Crippen molar-refractivity contribution in [1.82, 2.24) is 16.2 Å². The molecule has 9 heteroatoms. The van der Waals surface area contributed by atoms with E-state index in [1.807, 2.05) is 6.07 Å². The average molecular weight is 551 g/mol. The maximum atomic E-state index is 12.8. The standard InChI is InChI=1S/C25H32BrN3O4S/c1-4-5-6-7-14-32-22-13-10-19(26)15-21(22)24(31)27-25(34)29-28-23(30)18-8-11-20(12-9-18)33-16-17(2)3/h8-13,15,17H,4-7,14,16H2,1-3H3,(H,28,30)(H2,27,29,31,34). The monoisotopic (exact) mass is 549 g/mol. The highest BCUT2D eigenvalue weighted by molar-refractivity contribution is 9.10. The first-order valence-electron chi connectivity index (χ1n) is 11.4. The van der Waals surface area contributed by atoms with Gasteiger partial charge in [-0.15, -0.1) is 0 Å². The zero-order valence-electron chi connectivity index (χ0n) is 19.8. The summed E-state index contributed by atoms with van der Waals surface area (Å²) in [5, 5.41) is 2.53. The first kappa shape index (κ1) is 27.6. The number of hydrazine groups is 1. The lowest BCUT2D eigenvalue weighted by atomic mass is 10.2. The molecule has 0 aromatic heterocycles. The molecule has 7 nitrogen and oxygen atoms in total. The van der Waals surface area contributed by atoms with Gasteiger partial charge in [0, 0.05) is 10.0 Å². The highest BCUT2D eigenvalue weighted by Crippen LogP contribution is 2.23. The van der Waals surface area contributed by atoms with Gasteiger partial charge < -0.3 is 9.47 Å². The van der Waals surface area contributed by atoms with Crippen LogP contribution in [0.3, 0.4) is 0 Å². The van der Waals surface area contributed by atoms with Crippen LogP contribution in [-0.2, 0) is 0 Å². The van der Waals surface area contributed by atoms with Crippen LogP contribution in [0.5, 0.6) is 11.5 Å². The van der Waals surface area contributed by atoms with Crippen LogP contribution >= 0.6 is 28.1 Å². The Bertz CT molecular complexity index is 967. The Balaban J connectivity index is 1.87. The average Bonchev–Trinajstić information content (AvgIpc) is 2.82. The molecule has 0 aliphatic rings. The van der Waals surface area contributed by atoms with Crippen LogP contribution < -0.4 is 25.6 Å². The molecular weight excluding hydrogens is 518 g/mol.